The Bertz CT molecular complexity index is 953. The molecule has 0 bridgehead atoms. The van der Waals surface area contributed by atoms with Gasteiger partial charge in [-0.2, -0.15) is 0 Å². The molecule has 0 aromatic heterocycles. The molecule has 0 spiro atoms. The van der Waals surface area contributed by atoms with Crippen molar-refractivity contribution in [3.63, 3.8) is 0 Å². The Balaban J connectivity index is 0.00000243. The van der Waals surface area contributed by atoms with E-state index in [2.05, 4.69) is 0 Å². The third kappa shape index (κ3) is 4.89. The maximum absolute atomic E-state index is 11.8. The van der Waals surface area contributed by atoms with Gasteiger partial charge in [-0.05, 0) is 29.9 Å². The van der Waals surface area contributed by atoms with Crippen molar-refractivity contribution in [1.82, 2.24) is 0 Å². The minimum Gasteiger partial charge on any atom is -0.742 e. The summed E-state index contributed by atoms with van der Waals surface area (Å²) in [6.45, 7) is 0. The molecule has 0 aliphatic carbocycles. The summed E-state index contributed by atoms with van der Waals surface area (Å²) in [5.74, 6) is 0. The molecule has 0 unspecified atom stereocenters. The van der Waals surface area contributed by atoms with Crippen LogP contribution >= 0.6 is 7.92 Å². The van der Waals surface area contributed by atoms with E-state index in [0.29, 0.717) is 0 Å². The predicted octanol–water partition coefficient (Wildman–Crippen LogP) is -0.866. The van der Waals surface area contributed by atoms with Crippen molar-refractivity contribution in [1.29, 1.82) is 0 Å². The van der Waals surface area contributed by atoms with Crippen LogP contribution in [0.1, 0.15) is 10.4 Å². The van der Waals surface area contributed by atoms with Crippen LogP contribution in [0.5, 0.6) is 0 Å². The van der Waals surface area contributed by atoms with Crippen LogP contribution in [0.3, 0.4) is 0 Å². The van der Waals surface area contributed by atoms with E-state index in [4.69, 9.17) is 0 Å². The number of hydrogen-bond acceptors (Lipinski definition) is 4. The normalized spacial score (nSPS) is 11.0. The summed E-state index contributed by atoms with van der Waals surface area (Å²) >= 11 is 0. The van der Waals surface area contributed by atoms with E-state index >= 15 is 0 Å². The largest absolute Gasteiger partial charge is 1.00 e. The third-order valence-corrected chi connectivity index (χ3v) is 6.71. The maximum atomic E-state index is 11.8. The Morgan fingerprint density at radius 2 is 1.19 bits per heavy atom. The topological polar surface area (TPSA) is 74.3 Å². The van der Waals surface area contributed by atoms with Crippen molar-refractivity contribution >= 4 is 39.1 Å². The Morgan fingerprint density at radius 3 is 1.65 bits per heavy atom. The van der Waals surface area contributed by atoms with Gasteiger partial charge in [-0.1, -0.05) is 78.9 Å². The second kappa shape index (κ2) is 9.05. The first-order valence-corrected chi connectivity index (χ1v) is 10.2. The molecule has 0 atom stereocenters. The SMILES string of the molecule is O=C(c1cccc(P(c2ccccc2)c2ccccc2)c1)S(=O)(=O)[O-].[Na+]. The van der Waals surface area contributed by atoms with Gasteiger partial charge < -0.3 is 4.55 Å². The molecule has 3 aromatic rings. The first-order valence-electron chi connectivity index (χ1n) is 7.47. The van der Waals surface area contributed by atoms with Gasteiger partial charge in [0, 0.05) is 5.56 Å². The first-order chi connectivity index (χ1) is 12.0. The average Bonchev–Trinajstić information content (AvgIpc) is 2.63. The van der Waals surface area contributed by atoms with Gasteiger partial charge in [0.1, 0.15) is 0 Å². The van der Waals surface area contributed by atoms with Crippen LogP contribution in [0, 0.1) is 0 Å². The van der Waals surface area contributed by atoms with Crippen molar-refractivity contribution in [2.24, 2.45) is 0 Å². The van der Waals surface area contributed by atoms with Gasteiger partial charge in [-0.25, -0.2) is 8.42 Å². The molecule has 0 N–H and O–H groups in total. The quantitative estimate of drug-likeness (QED) is 0.329. The van der Waals surface area contributed by atoms with Gasteiger partial charge in [0.15, 0.2) is 10.1 Å². The molecule has 3 aromatic carbocycles. The van der Waals surface area contributed by atoms with Crippen molar-refractivity contribution in [2.75, 3.05) is 0 Å². The monoisotopic (exact) mass is 392 g/mol. The van der Waals surface area contributed by atoms with Crippen LogP contribution in [0.25, 0.3) is 0 Å². The first kappa shape index (κ1) is 21.0. The zero-order valence-corrected chi connectivity index (χ0v) is 17.8. The number of hydrogen-bond donors (Lipinski definition) is 0. The molecular formula is C19H14NaO4PS. The summed E-state index contributed by atoms with van der Waals surface area (Å²) in [7, 11) is -5.98. The maximum Gasteiger partial charge on any atom is 1.00 e. The van der Waals surface area contributed by atoms with Crippen LogP contribution in [0.2, 0.25) is 0 Å². The molecule has 3 rings (SSSR count). The summed E-state index contributed by atoms with van der Waals surface area (Å²) in [4.78, 5) is 11.8. The van der Waals surface area contributed by atoms with Crippen LogP contribution in [-0.2, 0) is 10.1 Å². The molecule has 126 valence electrons. The van der Waals surface area contributed by atoms with E-state index < -0.39 is 23.2 Å². The minimum absolute atomic E-state index is 0. The molecule has 0 saturated carbocycles. The van der Waals surface area contributed by atoms with Crippen LogP contribution < -0.4 is 45.5 Å². The average molecular weight is 392 g/mol. The van der Waals surface area contributed by atoms with Crippen molar-refractivity contribution < 1.29 is 47.3 Å². The van der Waals surface area contributed by atoms with Gasteiger partial charge in [0.2, 0.25) is 0 Å². The number of carbonyl (C=O) groups is 1. The second-order valence-corrected chi connectivity index (χ2v) is 8.80. The summed E-state index contributed by atoms with van der Waals surface area (Å²) in [6.07, 6.45) is 0. The summed E-state index contributed by atoms with van der Waals surface area (Å²) in [6, 6.07) is 25.9. The molecule has 0 fully saturated rings. The van der Waals surface area contributed by atoms with Gasteiger partial charge >= 0.3 is 29.6 Å². The standard InChI is InChI=1S/C19H15O4PS.Na/c20-19(25(21,22)23)15-8-7-13-18(14-15)24(16-9-3-1-4-10-16)17-11-5-2-6-12-17;/h1-14H,(H,21,22,23);/q;+1/p-1. The molecular weight excluding hydrogens is 378 g/mol. The molecule has 0 aliphatic heterocycles. The van der Waals surface area contributed by atoms with Crippen LogP contribution in [0.4, 0.5) is 0 Å². The summed E-state index contributed by atoms with van der Waals surface area (Å²) in [5.41, 5.74) is -0.105. The van der Waals surface area contributed by atoms with E-state index in [1.54, 1.807) is 6.07 Å². The Labute approximate surface area is 176 Å². The van der Waals surface area contributed by atoms with E-state index in [0.717, 1.165) is 15.9 Å². The van der Waals surface area contributed by atoms with Crippen LogP contribution in [-0.4, -0.2) is 18.1 Å². The second-order valence-electron chi connectivity index (χ2n) is 5.30. The third-order valence-electron chi connectivity index (χ3n) is 3.60. The Hall–Kier alpha value is -1.33. The number of carbonyl (C=O) groups excluding carboxylic acids is 1. The van der Waals surface area contributed by atoms with Gasteiger partial charge in [-0.3, -0.25) is 4.79 Å². The van der Waals surface area contributed by atoms with Crippen LogP contribution in [0.15, 0.2) is 84.9 Å². The summed E-state index contributed by atoms with van der Waals surface area (Å²) in [5, 5.41) is 1.55. The Kier molecular flexibility index (Phi) is 7.30. The minimum atomic E-state index is -5.01. The molecule has 0 heterocycles. The van der Waals surface area contributed by atoms with Crippen molar-refractivity contribution in [3.8, 4) is 0 Å². The zero-order chi connectivity index (χ0) is 17.9. The van der Waals surface area contributed by atoms with E-state index in [-0.39, 0.29) is 35.1 Å². The summed E-state index contributed by atoms with van der Waals surface area (Å²) < 4.78 is 33.2. The molecule has 4 nitrogen and oxygen atoms in total. The molecule has 0 amide bonds. The Morgan fingerprint density at radius 1 is 0.731 bits per heavy atom. The molecule has 26 heavy (non-hydrogen) atoms. The molecule has 0 saturated heterocycles. The molecule has 7 heteroatoms. The number of benzene rings is 3. The van der Waals surface area contributed by atoms with E-state index in [1.165, 1.54) is 12.1 Å². The van der Waals surface area contributed by atoms with Gasteiger partial charge in [0.25, 0.3) is 5.12 Å². The fourth-order valence-corrected chi connectivity index (χ4v) is 5.27. The van der Waals surface area contributed by atoms with Gasteiger partial charge in [-0.15, -0.1) is 0 Å². The van der Waals surface area contributed by atoms with E-state index in [9.17, 15) is 17.8 Å². The zero-order valence-electron chi connectivity index (χ0n) is 14.1. The predicted molar refractivity (Wildman–Crippen MR) is 99.2 cm³/mol. The van der Waals surface area contributed by atoms with E-state index in [1.807, 2.05) is 66.7 Å². The van der Waals surface area contributed by atoms with Crippen molar-refractivity contribution in [3.05, 3.63) is 90.5 Å². The van der Waals surface area contributed by atoms with Gasteiger partial charge in [0.05, 0.1) is 0 Å². The smallest absolute Gasteiger partial charge is 0.742 e. The van der Waals surface area contributed by atoms with Crippen molar-refractivity contribution in [2.45, 2.75) is 0 Å². The fourth-order valence-electron chi connectivity index (χ4n) is 2.52. The fraction of sp³-hybridized carbons (Fsp3) is 0. The molecule has 0 radical (unpaired) electrons. The molecule has 0 aliphatic rings. The number of rotatable bonds is 4.